The predicted molar refractivity (Wildman–Crippen MR) is 107 cm³/mol. The van der Waals surface area contributed by atoms with E-state index in [1.807, 2.05) is 30.9 Å². The highest BCUT2D eigenvalue weighted by Gasteiger charge is 2.37. The minimum absolute atomic E-state index is 0.158. The molecule has 3 rings (SSSR count). The quantitative estimate of drug-likeness (QED) is 0.852. The zero-order chi connectivity index (χ0) is 19.6. The van der Waals surface area contributed by atoms with Crippen molar-refractivity contribution in [3.63, 3.8) is 0 Å². The van der Waals surface area contributed by atoms with Crippen LogP contribution in [-0.2, 0) is 4.79 Å². The topological polar surface area (TPSA) is 53.0 Å². The van der Waals surface area contributed by atoms with Crippen LogP contribution < -0.4 is 4.74 Å². The molecule has 0 radical (unpaired) electrons. The normalized spacial score (nSPS) is 24.9. The van der Waals surface area contributed by atoms with Crippen molar-refractivity contribution in [1.82, 2.24) is 9.80 Å². The summed E-state index contributed by atoms with van der Waals surface area (Å²) in [6, 6.07) is 4.29. The molecule has 1 N–H and O–H groups in total. The highest BCUT2D eigenvalue weighted by molar-refractivity contribution is 6.32. The molecule has 2 fully saturated rings. The molecule has 2 aliphatic rings. The van der Waals surface area contributed by atoms with Crippen LogP contribution in [0, 0.1) is 13.8 Å². The van der Waals surface area contributed by atoms with E-state index in [0.29, 0.717) is 12.6 Å². The lowest BCUT2D eigenvalue weighted by Gasteiger charge is -2.45. The fraction of sp³-hybridized carbons (Fsp3) is 0.667. The van der Waals surface area contributed by atoms with Gasteiger partial charge in [-0.3, -0.25) is 9.69 Å². The molecule has 1 aromatic carbocycles. The van der Waals surface area contributed by atoms with Crippen molar-refractivity contribution in [3.05, 3.63) is 28.3 Å². The molecule has 0 bridgehead atoms. The minimum Gasteiger partial charge on any atom is -0.491 e. The number of halogens is 1. The Labute approximate surface area is 167 Å². The lowest BCUT2D eigenvalue weighted by Crippen LogP contribution is -2.56. The summed E-state index contributed by atoms with van der Waals surface area (Å²) in [6.07, 6.45) is 3.67. The van der Waals surface area contributed by atoms with Gasteiger partial charge in [0.15, 0.2) is 0 Å². The van der Waals surface area contributed by atoms with E-state index in [1.54, 1.807) is 6.92 Å². The minimum atomic E-state index is -0.836. The van der Waals surface area contributed by atoms with Crippen molar-refractivity contribution >= 4 is 17.5 Å². The summed E-state index contributed by atoms with van der Waals surface area (Å²) < 4.78 is 5.96. The van der Waals surface area contributed by atoms with Gasteiger partial charge in [-0.25, -0.2) is 0 Å². The molecule has 5 nitrogen and oxygen atoms in total. The number of piperidine rings is 2. The van der Waals surface area contributed by atoms with Gasteiger partial charge in [0.2, 0.25) is 5.91 Å². The van der Waals surface area contributed by atoms with Gasteiger partial charge in [0.1, 0.15) is 18.0 Å². The average molecular weight is 395 g/mol. The SMILES string of the molecule is CC(=O)N1CCC(N2CCC[C@](O)(COc3cc(C)c(Cl)c(C)c3)C2)CC1. The van der Waals surface area contributed by atoms with E-state index in [0.717, 1.165) is 67.2 Å². The third-order valence-corrected chi connectivity index (χ3v) is 6.52. The first-order chi connectivity index (χ1) is 12.8. The smallest absolute Gasteiger partial charge is 0.219 e. The molecule has 2 heterocycles. The maximum atomic E-state index is 11.5. The molecule has 0 aliphatic carbocycles. The Hall–Kier alpha value is -1.30. The molecule has 1 amide bonds. The maximum absolute atomic E-state index is 11.5. The van der Waals surface area contributed by atoms with Crippen LogP contribution in [0.3, 0.4) is 0 Å². The van der Waals surface area contributed by atoms with Crippen LogP contribution in [0.15, 0.2) is 12.1 Å². The molecule has 0 aromatic heterocycles. The lowest BCUT2D eigenvalue weighted by molar-refractivity contribution is -0.131. The summed E-state index contributed by atoms with van der Waals surface area (Å²) >= 11 is 6.22. The fourth-order valence-corrected chi connectivity index (χ4v) is 4.44. The Morgan fingerprint density at radius 2 is 1.89 bits per heavy atom. The Morgan fingerprint density at radius 3 is 2.48 bits per heavy atom. The van der Waals surface area contributed by atoms with Gasteiger partial charge in [-0.15, -0.1) is 0 Å². The van der Waals surface area contributed by atoms with Gasteiger partial charge < -0.3 is 14.7 Å². The largest absolute Gasteiger partial charge is 0.491 e. The highest BCUT2D eigenvalue weighted by atomic mass is 35.5. The molecule has 150 valence electrons. The third-order valence-electron chi connectivity index (χ3n) is 5.93. The van der Waals surface area contributed by atoms with E-state index < -0.39 is 5.60 Å². The molecule has 27 heavy (non-hydrogen) atoms. The van der Waals surface area contributed by atoms with Crippen LogP contribution in [-0.4, -0.2) is 65.2 Å². The summed E-state index contributed by atoms with van der Waals surface area (Å²) in [5.41, 5.74) is 1.14. The van der Waals surface area contributed by atoms with Gasteiger partial charge in [0.05, 0.1) is 0 Å². The zero-order valence-corrected chi connectivity index (χ0v) is 17.4. The Balaban J connectivity index is 1.57. The second kappa shape index (κ2) is 8.38. The Morgan fingerprint density at radius 1 is 1.26 bits per heavy atom. The number of β-amino-alcohol motifs (C(OH)–C–C–N with tert-alkyl or cyclic N) is 1. The molecule has 2 saturated heterocycles. The van der Waals surface area contributed by atoms with E-state index >= 15 is 0 Å². The second-order valence-corrected chi connectivity index (χ2v) is 8.57. The number of ether oxygens (including phenoxy) is 1. The van der Waals surface area contributed by atoms with Gasteiger partial charge in [-0.05, 0) is 69.3 Å². The molecule has 0 saturated carbocycles. The first-order valence-corrected chi connectivity index (χ1v) is 10.3. The van der Waals surface area contributed by atoms with E-state index in [1.165, 1.54) is 0 Å². The van der Waals surface area contributed by atoms with E-state index in [9.17, 15) is 9.90 Å². The number of carbonyl (C=O) groups is 1. The maximum Gasteiger partial charge on any atom is 0.219 e. The highest BCUT2D eigenvalue weighted by Crippen LogP contribution is 2.29. The fourth-order valence-electron chi connectivity index (χ4n) is 4.33. The van der Waals surface area contributed by atoms with Gasteiger partial charge in [0, 0.05) is 37.6 Å². The molecule has 1 atom stereocenters. The molecular formula is C21H31ClN2O3. The first-order valence-electron chi connectivity index (χ1n) is 9.89. The number of hydrogen-bond donors (Lipinski definition) is 1. The summed E-state index contributed by atoms with van der Waals surface area (Å²) in [7, 11) is 0. The van der Waals surface area contributed by atoms with Crippen LogP contribution in [0.4, 0.5) is 0 Å². The predicted octanol–water partition coefficient (Wildman–Crippen LogP) is 3.17. The zero-order valence-electron chi connectivity index (χ0n) is 16.6. The molecule has 2 aliphatic heterocycles. The standard InChI is InChI=1S/C21H31ClN2O3/c1-15-11-19(12-16(2)20(15)22)27-14-21(26)7-4-8-24(13-21)18-5-9-23(10-6-18)17(3)25/h11-12,18,26H,4-10,13-14H2,1-3H3/t21-/m1/s1. The van der Waals surface area contributed by atoms with Crippen LogP contribution in [0.2, 0.25) is 5.02 Å². The van der Waals surface area contributed by atoms with Crippen molar-refractivity contribution in [2.75, 3.05) is 32.8 Å². The third kappa shape index (κ3) is 4.95. The number of likely N-dealkylation sites (tertiary alicyclic amines) is 2. The Kier molecular flexibility index (Phi) is 6.34. The van der Waals surface area contributed by atoms with Gasteiger partial charge in [-0.2, -0.15) is 0 Å². The molecule has 1 aromatic rings. The number of amides is 1. The first kappa shape index (κ1) is 20.4. The average Bonchev–Trinajstić information content (AvgIpc) is 2.64. The molecule has 6 heteroatoms. The van der Waals surface area contributed by atoms with Gasteiger partial charge >= 0.3 is 0 Å². The summed E-state index contributed by atoms with van der Waals surface area (Å²) in [6.45, 7) is 9.12. The van der Waals surface area contributed by atoms with Crippen molar-refractivity contribution in [1.29, 1.82) is 0 Å². The number of benzene rings is 1. The lowest BCUT2D eigenvalue weighted by atomic mass is 9.90. The Bertz CT molecular complexity index is 665. The molecule has 0 spiro atoms. The van der Waals surface area contributed by atoms with Gasteiger partial charge in [-0.1, -0.05) is 11.6 Å². The number of aryl methyl sites for hydroxylation is 2. The summed E-state index contributed by atoms with van der Waals surface area (Å²) in [5, 5.41) is 11.9. The summed E-state index contributed by atoms with van der Waals surface area (Å²) in [5.74, 6) is 0.917. The van der Waals surface area contributed by atoms with E-state index in [-0.39, 0.29) is 12.5 Å². The van der Waals surface area contributed by atoms with Crippen molar-refractivity contribution in [2.45, 2.75) is 58.1 Å². The van der Waals surface area contributed by atoms with E-state index in [2.05, 4.69) is 4.90 Å². The van der Waals surface area contributed by atoms with E-state index in [4.69, 9.17) is 16.3 Å². The van der Waals surface area contributed by atoms with Crippen LogP contribution in [0.5, 0.6) is 5.75 Å². The number of nitrogens with zero attached hydrogens (tertiary/aromatic N) is 2. The van der Waals surface area contributed by atoms with Crippen molar-refractivity contribution < 1.29 is 14.6 Å². The number of aliphatic hydroxyl groups is 1. The van der Waals surface area contributed by atoms with Crippen LogP contribution in [0.1, 0.15) is 43.7 Å². The second-order valence-electron chi connectivity index (χ2n) is 8.20. The number of carbonyl (C=O) groups excluding carboxylic acids is 1. The number of rotatable bonds is 4. The van der Waals surface area contributed by atoms with Crippen LogP contribution >= 0.6 is 11.6 Å². The summed E-state index contributed by atoms with van der Waals surface area (Å²) in [4.78, 5) is 15.8. The molecule has 0 unspecified atom stereocenters. The van der Waals surface area contributed by atoms with Crippen LogP contribution in [0.25, 0.3) is 0 Å². The van der Waals surface area contributed by atoms with Crippen molar-refractivity contribution in [2.24, 2.45) is 0 Å². The monoisotopic (exact) mass is 394 g/mol. The number of hydrogen-bond acceptors (Lipinski definition) is 4. The van der Waals surface area contributed by atoms with Gasteiger partial charge in [0.25, 0.3) is 0 Å². The molecular weight excluding hydrogens is 364 g/mol. The van der Waals surface area contributed by atoms with Crippen molar-refractivity contribution in [3.8, 4) is 5.75 Å².